The number of morpholine rings is 1. The van der Waals surface area contributed by atoms with E-state index in [1.165, 1.54) is 28.6 Å². The molecule has 1 heterocycles. The molecule has 0 bridgehead atoms. The summed E-state index contributed by atoms with van der Waals surface area (Å²) in [6, 6.07) is 8.02. The SMILES string of the molecule is O=C(Nc1cc([N+](=O)[O-])ccc1F)c1cccc(S(=O)(=O)N2CCOCC2)c1. The van der Waals surface area contributed by atoms with E-state index in [2.05, 4.69) is 5.32 Å². The Labute approximate surface area is 159 Å². The number of carbonyl (C=O) groups is 1. The zero-order chi connectivity index (χ0) is 20.3. The van der Waals surface area contributed by atoms with Crippen molar-refractivity contribution in [3.63, 3.8) is 0 Å². The number of nitro groups is 1. The van der Waals surface area contributed by atoms with Gasteiger partial charge in [0.05, 0.1) is 28.7 Å². The fraction of sp³-hybridized carbons (Fsp3) is 0.235. The van der Waals surface area contributed by atoms with Crippen molar-refractivity contribution in [1.29, 1.82) is 0 Å². The van der Waals surface area contributed by atoms with Gasteiger partial charge in [-0.3, -0.25) is 14.9 Å². The third kappa shape index (κ3) is 4.16. The summed E-state index contributed by atoms with van der Waals surface area (Å²) in [6.45, 7) is 0.978. The molecule has 11 heteroatoms. The first-order valence-corrected chi connectivity index (χ1v) is 9.66. The average Bonchev–Trinajstić information content (AvgIpc) is 2.70. The molecule has 1 amide bonds. The summed E-state index contributed by atoms with van der Waals surface area (Å²) >= 11 is 0. The van der Waals surface area contributed by atoms with Crippen LogP contribution in [-0.4, -0.2) is 49.9 Å². The molecule has 2 aromatic rings. The summed E-state index contributed by atoms with van der Waals surface area (Å²) in [5.41, 5.74) is -0.791. The number of amides is 1. The molecule has 1 N–H and O–H groups in total. The van der Waals surface area contributed by atoms with Crippen LogP contribution in [0.25, 0.3) is 0 Å². The highest BCUT2D eigenvalue weighted by molar-refractivity contribution is 7.89. The number of carbonyl (C=O) groups excluding carboxylic acids is 1. The number of nitrogens with one attached hydrogen (secondary N) is 1. The van der Waals surface area contributed by atoms with Crippen LogP contribution >= 0.6 is 0 Å². The van der Waals surface area contributed by atoms with Gasteiger partial charge < -0.3 is 10.1 Å². The molecule has 1 aliphatic heterocycles. The Bertz CT molecular complexity index is 1020. The first kappa shape index (κ1) is 19.9. The molecule has 0 radical (unpaired) electrons. The number of halogens is 1. The largest absolute Gasteiger partial charge is 0.379 e. The highest BCUT2D eigenvalue weighted by atomic mass is 32.2. The zero-order valence-corrected chi connectivity index (χ0v) is 15.3. The molecule has 0 aliphatic carbocycles. The molecule has 1 aliphatic rings. The third-order valence-corrected chi connectivity index (χ3v) is 6.01. The first-order chi connectivity index (χ1) is 13.3. The number of anilines is 1. The molecule has 3 rings (SSSR count). The summed E-state index contributed by atoms with van der Waals surface area (Å²) in [6.07, 6.45) is 0. The van der Waals surface area contributed by atoms with Gasteiger partial charge in [-0.05, 0) is 24.3 Å². The maximum atomic E-state index is 13.9. The summed E-state index contributed by atoms with van der Waals surface area (Å²) < 4.78 is 45.7. The lowest BCUT2D eigenvalue weighted by molar-refractivity contribution is -0.384. The van der Waals surface area contributed by atoms with E-state index >= 15 is 0 Å². The van der Waals surface area contributed by atoms with Gasteiger partial charge in [-0.2, -0.15) is 4.31 Å². The molecule has 148 valence electrons. The quantitative estimate of drug-likeness (QED) is 0.596. The van der Waals surface area contributed by atoms with Crippen LogP contribution in [0.15, 0.2) is 47.4 Å². The number of hydrogen-bond donors (Lipinski definition) is 1. The fourth-order valence-electron chi connectivity index (χ4n) is 2.65. The second-order valence-electron chi connectivity index (χ2n) is 5.92. The van der Waals surface area contributed by atoms with Crippen molar-refractivity contribution in [2.24, 2.45) is 0 Å². The maximum Gasteiger partial charge on any atom is 0.271 e. The smallest absolute Gasteiger partial charge is 0.271 e. The predicted molar refractivity (Wildman–Crippen MR) is 97.0 cm³/mol. The molecular weight excluding hydrogens is 393 g/mol. The van der Waals surface area contributed by atoms with Crippen LogP contribution in [0.2, 0.25) is 0 Å². The van der Waals surface area contributed by atoms with Crippen LogP contribution in [0.5, 0.6) is 0 Å². The van der Waals surface area contributed by atoms with Crippen LogP contribution in [-0.2, 0) is 14.8 Å². The Morgan fingerprint density at radius 3 is 2.57 bits per heavy atom. The first-order valence-electron chi connectivity index (χ1n) is 8.22. The van der Waals surface area contributed by atoms with E-state index in [0.29, 0.717) is 0 Å². The number of ether oxygens (including phenoxy) is 1. The molecule has 1 fully saturated rings. The molecule has 0 unspecified atom stereocenters. The Balaban J connectivity index is 1.85. The van der Waals surface area contributed by atoms with Gasteiger partial charge in [-0.1, -0.05) is 6.07 Å². The van der Waals surface area contributed by atoms with Gasteiger partial charge in [0.25, 0.3) is 11.6 Å². The van der Waals surface area contributed by atoms with Gasteiger partial charge in [0.1, 0.15) is 5.82 Å². The second-order valence-corrected chi connectivity index (χ2v) is 7.86. The Hall–Kier alpha value is -2.89. The molecule has 0 saturated carbocycles. The number of benzene rings is 2. The molecule has 0 atom stereocenters. The standard InChI is InChI=1S/C17H16FN3O6S/c18-15-5-4-13(21(23)24)11-16(15)19-17(22)12-2-1-3-14(10-12)28(25,26)20-6-8-27-9-7-20/h1-5,10-11H,6-9H2,(H,19,22). The minimum atomic E-state index is -3.81. The van der Waals surface area contributed by atoms with Crippen molar-refractivity contribution >= 4 is 27.3 Å². The Morgan fingerprint density at radius 2 is 1.89 bits per heavy atom. The van der Waals surface area contributed by atoms with Crippen molar-refractivity contribution < 1.29 is 27.3 Å². The third-order valence-electron chi connectivity index (χ3n) is 4.11. The number of nitrogens with zero attached hydrogens (tertiary/aromatic N) is 2. The lowest BCUT2D eigenvalue weighted by Crippen LogP contribution is -2.40. The molecule has 9 nitrogen and oxygen atoms in total. The minimum Gasteiger partial charge on any atom is -0.379 e. The monoisotopic (exact) mass is 409 g/mol. The lowest BCUT2D eigenvalue weighted by atomic mass is 10.2. The van der Waals surface area contributed by atoms with E-state index in [4.69, 9.17) is 4.74 Å². The topological polar surface area (TPSA) is 119 Å². The molecule has 0 aromatic heterocycles. The Kier molecular flexibility index (Phi) is 5.68. The molecule has 28 heavy (non-hydrogen) atoms. The van der Waals surface area contributed by atoms with Gasteiger partial charge in [-0.25, -0.2) is 12.8 Å². The summed E-state index contributed by atoms with van der Waals surface area (Å²) in [7, 11) is -3.81. The average molecular weight is 409 g/mol. The van der Waals surface area contributed by atoms with Crippen molar-refractivity contribution in [1.82, 2.24) is 4.31 Å². The molecule has 1 saturated heterocycles. The number of rotatable bonds is 5. The highest BCUT2D eigenvalue weighted by Gasteiger charge is 2.27. The van der Waals surface area contributed by atoms with Gasteiger partial charge >= 0.3 is 0 Å². The normalized spacial score (nSPS) is 15.2. The zero-order valence-electron chi connectivity index (χ0n) is 14.5. The summed E-state index contributed by atoms with van der Waals surface area (Å²) in [5.74, 6) is -1.64. The van der Waals surface area contributed by atoms with E-state index < -0.39 is 26.7 Å². The second kappa shape index (κ2) is 8.00. The van der Waals surface area contributed by atoms with Crippen LogP contribution in [0.1, 0.15) is 10.4 Å². The van der Waals surface area contributed by atoms with Crippen LogP contribution in [0.3, 0.4) is 0 Å². The fourth-order valence-corrected chi connectivity index (χ4v) is 4.11. The molecule has 0 spiro atoms. The number of non-ortho nitro benzene ring substituents is 1. The number of nitro benzene ring substituents is 1. The summed E-state index contributed by atoms with van der Waals surface area (Å²) in [5, 5.41) is 13.0. The summed E-state index contributed by atoms with van der Waals surface area (Å²) in [4.78, 5) is 22.4. The van der Waals surface area contributed by atoms with Gasteiger partial charge in [0, 0.05) is 30.8 Å². The van der Waals surface area contributed by atoms with E-state index in [9.17, 15) is 27.7 Å². The molecule has 2 aromatic carbocycles. The van der Waals surface area contributed by atoms with Crippen molar-refractivity contribution in [2.75, 3.05) is 31.6 Å². The van der Waals surface area contributed by atoms with Gasteiger partial charge in [-0.15, -0.1) is 0 Å². The van der Waals surface area contributed by atoms with E-state index in [1.807, 2.05) is 0 Å². The van der Waals surface area contributed by atoms with Crippen LogP contribution < -0.4 is 5.32 Å². The maximum absolute atomic E-state index is 13.9. The van der Waals surface area contributed by atoms with Crippen molar-refractivity contribution in [2.45, 2.75) is 4.90 Å². The highest BCUT2D eigenvalue weighted by Crippen LogP contribution is 2.23. The van der Waals surface area contributed by atoms with E-state index in [-0.39, 0.29) is 48.1 Å². The van der Waals surface area contributed by atoms with Crippen molar-refractivity contribution in [3.05, 3.63) is 64.0 Å². The van der Waals surface area contributed by atoms with Crippen LogP contribution in [0, 0.1) is 15.9 Å². The lowest BCUT2D eigenvalue weighted by Gasteiger charge is -2.26. The minimum absolute atomic E-state index is 0.0276. The Morgan fingerprint density at radius 1 is 1.18 bits per heavy atom. The van der Waals surface area contributed by atoms with E-state index in [1.54, 1.807) is 0 Å². The molecular formula is C17H16FN3O6S. The van der Waals surface area contributed by atoms with Crippen LogP contribution in [0.4, 0.5) is 15.8 Å². The van der Waals surface area contributed by atoms with E-state index in [0.717, 1.165) is 18.2 Å². The van der Waals surface area contributed by atoms with Crippen molar-refractivity contribution in [3.8, 4) is 0 Å². The number of hydrogen-bond acceptors (Lipinski definition) is 6. The predicted octanol–water partition coefficient (Wildman–Crippen LogP) is 2.01. The number of sulfonamides is 1. The van der Waals surface area contributed by atoms with Gasteiger partial charge in [0.2, 0.25) is 10.0 Å². The van der Waals surface area contributed by atoms with Gasteiger partial charge in [0.15, 0.2) is 0 Å².